The molecule has 0 aliphatic heterocycles. The minimum absolute atomic E-state index is 0.122. The fourth-order valence-electron chi connectivity index (χ4n) is 1.25. The summed E-state index contributed by atoms with van der Waals surface area (Å²) in [5, 5.41) is 2.47. The Morgan fingerprint density at radius 1 is 1.39 bits per heavy atom. The van der Waals surface area contributed by atoms with Crippen LogP contribution in [-0.4, -0.2) is 32.3 Å². The van der Waals surface area contributed by atoms with E-state index in [1.54, 1.807) is 0 Å². The van der Waals surface area contributed by atoms with Crippen molar-refractivity contribution in [2.75, 3.05) is 37.5 Å². The summed E-state index contributed by atoms with van der Waals surface area (Å²) in [7, 11) is 0. The van der Waals surface area contributed by atoms with Crippen LogP contribution in [0.1, 0.15) is 6.92 Å². The summed E-state index contributed by atoms with van der Waals surface area (Å²) in [6.07, 6.45) is 0. The summed E-state index contributed by atoms with van der Waals surface area (Å²) in [6.45, 7) is 3.13. The van der Waals surface area contributed by atoms with Crippen molar-refractivity contribution in [2.24, 2.45) is 0 Å². The lowest BCUT2D eigenvalue weighted by Gasteiger charge is -2.08. The van der Waals surface area contributed by atoms with Crippen molar-refractivity contribution in [2.45, 2.75) is 6.92 Å². The number of carbonyl (C=O) groups excluding carboxylic acids is 1. The minimum Gasteiger partial charge on any atom is -0.397 e. The SMILES string of the molecule is CCOCCOCC(=O)Nc1cc(F)ccc1N. The van der Waals surface area contributed by atoms with E-state index in [9.17, 15) is 9.18 Å². The highest BCUT2D eigenvalue weighted by molar-refractivity contribution is 5.94. The van der Waals surface area contributed by atoms with Crippen LogP contribution < -0.4 is 11.1 Å². The highest BCUT2D eigenvalue weighted by Crippen LogP contribution is 2.18. The van der Waals surface area contributed by atoms with Gasteiger partial charge in [0, 0.05) is 6.61 Å². The van der Waals surface area contributed by atoms with Crippen LogP contribution in [-0.2, 0) is 14.3 Å². The number of nitrogen functional groups attached to an aromatic ring is 1. The number of amides is 1. The highest BCUT2D eigenvalue weighted by Gasteiger charge is 2.06. The number of hydrogen-bond acceptors (Lipinski definition) is 4. The predicted molar refractivity (Wildman–Crippen MR) is 66.8 cm³/mol. The summed E-state index contributed by atoms with van der Waals surface area (Å²) >= 11 is 0. The minimum atomic E-state index is -0.461. The Bertz CT molecular complexity index is 399. The molecular weight excluding hydrogens is 239 g/mol. The van der Waals surface area contributed by atoms with Crippen molar-refractivity contribution >= 4 is 17.3 Å². The molecule has 1 rings (SSSR count). The molecule has 0 spiro atoms. The molecule has 0 saturated carbocycles. The number of ether oxygens (including phenoxy) is 2. The van der Waals surface area contributed by atoms with E-state index in [2.05, 4.69) is 5.32 Å². The first-order valence-electron chi connectivity index (χ1n) is 5.64. The van der Waals surface area contributed by atoms with E-state index in [4.69, 9.17) is 15.2 Å². The lowest BCUT2D eigenvalue weighted by molar-refractivity contribution is -0.121. The Balaban J connectivity index is 2.33. The summed E-state index contributed by atoms with van der Waals surface area (Å²) < 4.78 is 23.0. The van der Waals surface area contributed by atoms with Gasteiger partial charge in [0.1, 0.15) is 12.4 Å². The van der Waals surface area contributed by atoms with Gasteiger partial charge in [-0.05, 0) is 25.1 Å². The molecule has 0 bridgehead atoms. The van der Waals surface area contributed by atoms with E-state index < -0.39 is 5.82 Å². The van der Waals surface area contributed by atoms with Gasteiger partial charge in [-0.2, -0.15) is 0 Å². The Hall–Kier alpha value is -1.66. The number of carbonyl (C=O) groups is 1. The highest BCUT2D eigenvalue weighted by atomic mass is 19.1. The van der Waals surface area contributed by atoms with Crippen molar-refractivity contribution in [3.63, 3.8) is 0 Å². The van der Waals surface area contributed by atoms with E-state index in [0.717, 1.165) is 6.07 Å². The van der Waals surface area contributed by atoms with Crippen LogP contribution in [0, 0.1) is 5.82 Å². The van der Waals surface area contributed by atoms with E-state index in [0.29, 0.717) is 25.5 Å². The number of nitrogens with two attached hydrogens (primary N) is 1. The van der Waals surface area contributed by atoms with Crippen LogP contribution in [0.4, 0.5) is 15.8 Å². The normalized spacial score (nSPS) is 10.3. The van der Waals surface area contributed by atoms with Crippen molar-refractivity contribution < 1.29 is 18.7 Å². The predicted octanol–water partition coefficient (Wildman–Crippen LogP) is 1.40. The van der Waals surface area contributed by atoms with E-state index in [-0.39, 0.29) is 18.2 Å². The van der Waals surface area contributed by atoms with Crippen LogP contribution in [0.15, 0.2) is 18.2 Å². The maximum atomic E-state index is 12.9. The lowest BCUT2D eigenvalue weighted by atomic mass is 10.2. The number of anilines is 2. The Morgan fingerprint density at radius 2 is 2.11 bits per heavy atom. The van der Waals surface area contributed by atoms with E-state index >= 15 is 0 Å². The first-order valence-corrected chi connectivity index (χ1v) is 5.64. The summed E-state index contributed by atoms with van der Waals surface area (Å²) in [4.78, 5) is 11.5. The summed E-state index contributed by atoms with van der Waals surface area (Å²) in [5.74, 6) is -0.847. The molecule has 0 aliphatic carbocycles. The van der Waals surface area contributed by atoms with Crippen LogP contribution in [0.3, 0.4) is 0 Å². The first-order chi connectivity index (χ1) is 8.63. The van der Waals surface area contributed by atoms with Crippen molar-refractivity contribution in [3.05, 3.63) is 24.0 Å². The van der Waals surface area contributed by atoms with Gasteiger partial charge < -0.3 is 20.5 Å². The summed E-state index contributed by atoms with van der Waals surface area (Å²) in [6, 6.07) is 3.78. The van der Waals surface area contributed by atoms with Gasteiger partial charge in [-0.15, -0.1) is 0 Å². The zero-order valence-corrected chi connectivity index (χ0v) is 10.2. The van der Waals surface area contributed by atoms with Crippen LogP contribution in [0.5, 0.6) is 0 Å². The third kappa shape index (κ3) is 5.11. The molecular formula is C12H17FN2O3. The van der Waals surface area contributed by atoms with Gasteiger partial charge in [0.15, 0.2) is 0 Å². The smallest absolute Gasteiger partial charge is 0.250 e. The largest absolute Gasteiger partial charge is 0.397 e. The quantitative estimate of drug-likeness (QED) is 0.571. The molecule has 0 aromatic heterocycles. The van der Waals surface area contributed by atoms with Gasteiger partial charge in [0.05, 0.1) is 24.6 Å². The average molecular weight is 256 g/mol. The molecule has 0 unspecified atom stereocenters. The van der Waals surface area contributed by atoms with Crippen molar-refractivity contribution in [1.82, 2.24) is 0 Å². The lowest BCUT2D eigenvalue weighted by Crippen LogP contribution is -2.20. The van der Waals surface area contributed by atoms with Crippen molar-refractivity contribution in [1.29, 1.82) is 0 Å². The fraction of sp³-hybridized carbons (Fsp3) is 0.417. The molecule has 5 nitrogen and oxygen atoms in total. The van der Waals surface area contributed by atoms with E-state index in [1.165, 1.54) is 12.1 Å². The Kier molecular flexibility index (Phi) is 6.10. The standard InChI is InChI=1S/C12H17FN2O3/c1-2-17-5-6-18-8-12(16)15-11-7-9(13)3-4-10(11)14/h3-4,7H,2,5-6,8,14H2,1H3,(H,15,16). The third-order valence-corrected chi connectivity index (χ3v) is 2.10. The number of nitrogens with one attached hydrogen (secondary N) is 1. The Morgan fingerprint density at radius 3 is 2.83 bits per heavy atom. The molecule has 1 aromatic carbocycles. The van der Waals surface area contributed by atoms with Gasteiger partial charge in [-0.1, -0.05) is 0 Å². The van der Waals surface area contributed by atoms with Gasteiger partial charge in [0.25, 0.3) is 0 Å². The molecule has 0 fully saturated rings. The maximum Gasteiger partial charge on any atom is 0.250 e. The molecule has 0 atom stereocenters. The number of benzene rings is 1. The Labute approximate surface area is 105 Å². The van der Waals surface area contributed by atoms with Crippen molar-refractivity contribution in [3.8, 4) is 0 Å². The van der Waals surface area contributed by atoms with Crippen LogP contribution >= 0.6 is 0 Å². The molecule has 0 aliphatic rings. The molecule has 3 N–H and O–H groups in total. The number of rotatable bonds is 7. The second-order valence-corrected chi connectivity index (χ2v) is 3.53. The van der Waals surface area contributed by atoms with Crippen LogP contribution in [0.25, 0.3) is 0 Å². The molecule has 100 valence electrons. The molecule has 1 aromatic rings. The van der Waals surface area contributed by atoms with E-state index in [1.807, 2.05) is 6.92 Å². The average Bonchev–Trinajstić information content (AvgIpc) is 2.33. The molecule has 6 heteroatoms. The van der Waals surface area contributed by atoms with Gasteiger partial charge in [-0.25, -0.2) is 4.39 Å². The second kappa shape index (κ2) is 7.62. The van der Waals surface area contributed by atoms with Gasteiger partial charge in [0.2, 0.25) is 5.91 Å². The number of hydrogen-bond donors (Lipinski definition) is 2. The second-order valence-electron chi connectivity index (χ2n) is 3.53. The fourth-order valence-corrected chi connectivity index (χ4v) is 1.25. The number of halogens is 1. The maximum absolute atomic E-state index is 12.9. The zero-order chi connectivity index (χ0) is 13.4. The third-order valence-electron chi connectivity index (χ3n) is 2.10. The summed E-state index contributed by atoms with van der Waals surface area (Å²) in [5.41, 5.74) is 6.14. The molecule has 0 saturated heterocycles. The molecule has 0 heterocycles. The zero-order valence-electron chi connectivity index (χ0n) is 10.2. The topological polar surface area (TPSA) is 73.6 Å². The molecule has 0 radical (unpaired) electrons. The molecule has 1 amide bonds. The monoisotopic (exact) mass is 256 g/mol. The first kappa shape index (κ1) is 14.4. The van der Waals surface area contributed by atoms with Gasteiger partial charge >= 0.3 is 0 Å². The van der Waals surface area contributed by atoms with Gasteiger partial charge in [-0.3, -0.25) is 4.79 Å². The van der Waals surface area contributed by atoms with Crippen LogP contribution in [0.2, 0.25) is 0 Å². The molecule has 18 heavy (non-hydrogen) atoms.